The molecule has 136 valence electrons. The average Bonchev–Trinajstić information content (AvgIpc) is 2.58. The number of piperazine rings is 1. The SMILES string of the molecule is Cl.Cl.O=C(CN1CCNCC1c1cccnc1)Nc1ccc(Cl)cn1. The number of aromatic nitrogens is 2. The minimum absolute atomic E-state index is 0. The molecule has 0 bridgehead atoms. The molecule has 2 aromatic rings. The molecular formula is C16H20Cl3N5O. The van der Waals surface area contributed by atoms with Crippen molar-refractivity contribution in [1.29, 1.82) is 0 Å². The summed E-state index contributed by atoms with van der Waals surface area (Å²) in [6.07, 6.45) is 5.12. The van der Waals surface area contributed by atoms with E-state index in [1.54, 1.807) is 18.3 Å². The van der Waals surface area contributed by atoms with Crippen molar-refractivity contribution in [2.45, 2.75) is 6.04 Å². The van der Waals surface area contributed by atoms with Gasteiger partial charge in [0.25, 0.3) is 0 Å². The molecule has 3 heterocycles. The second-order valence-corrected chi connectivity index (χ2v) is 5.82. The Bertz CT molecular complexity index is 657. The lowest BCUT2D eigenvalue weighted by Gasteiger charge is -2.35. The van der Waals surface area contributed by atoms with Gasteiger partial charge in [-0.25, -0.2) is 4.98 Å². The number of amides is 1. The van der Waals surface area contributed by atoms with Gasteiger partial charge in [-0.2, -0.15) is 0 Å². The van der Waals surface area contributed by atoms with Gasteiger partial charge in [-0.15, -0.1) is 24.8 Å². The summed E-state index contributed by atoms with van der Waals surface area (Å²) >= 11 is 5.79. The molecule has 9 heteroatoms. The highest BCUT2D eigenvalue weighted by Gasteiger charge is 2.25. The maximum Gasteiger partial charge on any atom is 0.239 e. The number of anilines is 1. The minimum Gasteiger partial charge on any atom is -0.314 e. The molecule has 6 nitrogen and oxygen atoms in total. The maximum atomic E-state index is 12.3. The Hall–Kier alpha value is -1.44. The van der Waals surface area contributed by atoms with Crippen molar-refractivity contribution >= 4 is 48.1 Å². The van der Waals surface area contributed by atoms with Gasteiger partial charge in [0.2, 0.25) is 5.91 Å². The molecule has 0 spiro atoms. The number of hydrogen-bond acceptors (Lipinski definition) is 5. The number of carbonyl (C=O) groups excluding carboxylic acids is 1. The first-order valence-electron chi connectivity index (χ1n) is 7.48. The number of nitrogens with one attached hydrogen (secondary N) is 2. The molecule has 0 aliphatic carbocycles. The standard InChI is InChI=1S/C16H18ClN5O.2ClH/c17-13-3-4-15(20-9-13)21-16(23)11-22-7-6-19-10-14(22)12-2-1-5-18-8-12;;/h1-5,8-9,14,19H,6-7,10-11H2,(H,20,21,23);2*1H. The highest BCUT2D eigenvalue weighted by atomic mass is 35.5. The van der Waals surface area contributed by atoms with Crippen LogP contribution in [0.4, 0.5) is 5.82 Å². The van der Waals surface area contributed by atoms with Gasteiger partial charge in [-0.1, -0.05) is 17.7 Å². The lowest BCUT2D eigenvalue weighted by atomic mass is 10.1. The van der Waals surface area contributed by atoms with Crippen molar-refractivity contribution in [1.82, 2.24) is 20.2 Å². The van der Waals surface area contributed by atoms with Crippen LogP contribution >= 0.6 is 36.4 Å². The second kappa shape index (κ2) is 10.5. The fourth-order valence-corrected chi connectivity index (χ4v) is 2.77. The molecular weight excluding hydrogens is 385 g/mol. The third-order valence-electron chi connectivity index (χ3n) is 3.77. The van der Waals surface area contributed by atoms with Crippen LogP contribution in [0, 0.1) is 0 Å². The van der Waals surface area contributed by atoms with Gasteiger partial charge in [0, 0.05) is 44.3 Å². The minimum atomic E-state index is -0.0874. The van der Waals surface area contributed by atoms with E-state index >= 15 is 0 Å². The summed E-state index contributed by atoms with van der Waals surface area (Å²) in [5, 5.41) is 6.71. The van der Waals surface area contributed by atoms with Crippen LogP contribution in [0.3, 0.4) is 0 Å². The van der Waals surface area contributed by atoms with E-state index in [1.807, 2.05) is 18.3 Å². The summed E-state index contributed by atoms with van der Waals surface area (Å²) in [5.41, 5.74) is 1.11. The average molecular weight is 405 g/mol. The summed E-state index contributed by atoms with van der Waals surface area (Å²) in [5.74, 6) is 0.420. The van der Waals surface area contributed by atoms with E-state index in [2.05, 4.69) is 25.5 Å². The quantitative estimate of drug-likeness (QED) is 0.819. The van der Waals surface area contributed by atoms with E-state index < -0.39 is 0 Å². The van der Waals surface area contributed by atoms with Crippen LogP contribution < -0.4 is 10.6 Å². The molecule has 3 rings (SSSR count). The van der Waals surface area contributed by atoms with Crippen molar-refractivity contribution in [3.05, 3.63) is 53.4 Å². The van der Waals surface area contributed by atoms with Gasteiger partial charge in [0.15, 0.2) is 0 Å². The van der Waals surface area contributed by atoms with Crippen molar-refractivity contribution in [3.8, 4) is 0 Å². The van der Waals surface area contributed by atoms with Crippen molar-refractivity contribution in [2.75, 3.05) is 31.5 Å². The van der Waals surface area contributed by atoms with Gasteiger partial charge in [0.05, 0.1) is 11.6 Å². The van der Waals surface area contributed by atoms with Crippen LogP contribution in [-0.4, -0.2) is 47.0 Å². The number of nitrogens with zero attached hydrogens (tertiary/aromatic N) is 3. The van der Waals surface area contributed by atoms with E-state index in [4.69, 9.17) is 11.6 Å². The van der Waals surface area contributed by atoms with E-state index in [-0.39, 0.29) is 36.8 Å². The Balaban J connectivity index is 0.00000156. The lowest BCUT2D eigenvalue weighted by molar-refractivity contribution is -0.118. The van der Waals surface area contributed by atoms with Gasteiger partial charge >= 0.3 is 0 Å². The van der Waals surface area contributed by atoms with E-state index in [0.717, 1.165) is 25.2 Å². The molecule has 1 saturated heterocycles. The predicted octanol–water partition coefficient (Wildman–Crippen LogP) is 2.56. The molecule has 1 atom stereocenters. The third-order valence-corrected chi connectivity index (χ3v) is 3.99. The Morgan fingerprint density at radius 2 is 2.16 bits per heavy atom. The summed E-state index contributed by atoms with van der Waals surface area (Å²) in [7, 11) is 0. The van der Waals surface area contributed by atoms with Crippen molar-refractivity contribution in [3.63, 3.8) is 0 Å². The number of halogens is 3. The molecule has 1 aliphatic heterocycles. The molecule has 1 fully saturated rings. The molecule has 1 aliphatic rings. The molecule has 0 saturated carbocycles. The summed E-state index contributed by atoms with van der Waals surface area (Å²) in [4.78, 5) is 22.7. The van der Waals surface area contributed by atoms with Crippen LogP contribution in [0.15, 0.2) is 42.9 Å². The summed E-state index contributed by atoms with van der Waals surface area (Å²) in [6.45, 7) is 2.79. The van der Waals surface area contributed by atoms with Crippen LogP contribution in [0.1, 0.15) is 11.6 Å². The van der Waals surface area contributed by atoms with Gasteiger partial charge in [-0.05, 0) is 23.8 Å². The molecule has 0 radical (unpaired) electrons. The van der Waals surface area contributed by atoms with Crippen LogP contribution in [0.2, 0.25) is 5.02 Å². The van der Waals surface area contributed by atoms with Gasteiger partial charge < -0.3 is 10.6 Å². The number of hydrogen-bond donors (Lipinski definition) is 2. The Morgan fingerprint density at radius 1 is 1.32 bits per heavy atom. The molecule has 2 aromatic heterocycles. The largest absolute Gasteiger partial charge is 0.314 e. The van der Waals surface area contributed by atoms with Gasteiger partial charge in [-0.3, -0.25) is 14.7 Å². The summed E-state index contributed by atoms with van der Waals surface area (Å²) < 4.78 is 0. The molecule has 1 unspecified atom stereocenters. The monoisotopic (exact) mass is 403 g/mol. The van der Waals surface area contributed by atoms with Crippen LogP contribution in [-0.2, 0) is 4.79 Å². The Morgan fingerprint density at radius 3 is 2.84 bits per heavy atom. The highest BCUT2D eigenvalue weighted by Crippen LogP contribution is 2.21. The first kappa shape index (κ1) is 21.6. The normalized spacial score (nSPS) is 17.1. The topological polar surface area (TPSA) is 70.2 Å². The first-order chi connectivity index (χ1) is 11.2. The number of carbonyl (C=O) groups is 1. The fraction of sp³-hybridized carbons (Fsp3) is 0.312. The van der Waals surface area contributed by atoms with Crippen LogP contribution in [0.5, 0.6) is 0 Å². The maximum absolute atomic E-state index is 12.3. The third kappa shape index (κ3) is 6.09. The molecule has 25 heavy (non-hydrogen) atoms. The van der Waals surface area contributed by atoms with Crippen LogP contribution in [0.25, 0.3) is 0 Å². The molecule has 2 N–H and O–H groups in total. The smallest absolute Gasteiger partial charge is 0.239 e. The fourth-order valence-electron chi connectivity index (χ4n) is 2.65. The predicted molar refractivity (Wildman–Crippen MR) is 104 cm³/mol. The number of pyridine rings is 2. The molecule has 1 amide bonds. The Kier molecular flexibility index (Phi) is 9.10. The zero-order chi connectivity index (χ0) is 16.1. The number of rotatable bonds is 4. The Labute approximate surface area is 164 Å². The lowest BCUT2D eigenvalue weighted by Crippen LogP contribution is -2.48. The highest BCUT2D eigenvalue weighted by molar-refractivity contribution is 6.30. The second-order valence-electron chi connectivity index (χ2n) is 5.39. The first-order valence-corrected chi connectivity index (χ1v) is 7.86. The zero-order valence-electron chi connectivity index (χ0n) is 13.4. The van der Waals surface area contributed by atoms with Crippen molar-refractivity contribution < 1.29 is 4.79 Å². The van der Waals surface area contributed by atoms with E-state index in [1.165, 1.54) is 6.20 Å². The molecule has 0 aromatic carbocycles. The van der Waals surface area contributed by atoms with Crippen molar-refractivity contribution in [2.24, 2.45) is 0 Å². The van der Waals surface area contributed by atoms with Gasteiger partial charge in [0.1, 0.15) is 5.82 Å². The van der Waals surface area contributed by atoms with E-state index in [0.29, 0.717) is 17.4 Å². The van der Waals surface area contributed by atoms with E-state index in [9.17, 15) is 4.79 Å². The summed E-state index contributed by atoms with van der Waals surface area (Å²) in [6, 6.07) is 7.49. The zero-order valence-corrected chi connectivity index (χ0v) is 15.8.